The highest BCUT2D eigenvalue weighted by Gasteiger charge is 2.33. The Kier molecular flexibility index (Phi) is 6.32. The van der Waals surface area contributed by atoms with Crippen LogP contribution in [0.1, 0.15) is 17.2 Å². The Balaban J connectivity index is 1.28. The number of aromatic nitrogens is 4. The second-order valence-corrected chi connectivity index (χ2v) is 9.56. The summed E-state index contributed by atoms with van der Waals surface area (Å²) in [6, 6.07) is 27.9. The van der Waals surface area contributed by atoms with E-state index in [1.807, 2.05) is 70.5 Å². The van der Waals surface area contributed by atoms with Crippen LogP contribution in [0.5, 0.6) is 0 Å². The molecule has 0 aliphatic carbocycles. The zero-order chi connectivity index (χ0) is 25.2. The summed E-state index contributed by atoms with van der Waals surface area (Å²) < 4.78 is 1.77. The molecular weight excluding hydrogens is 486 g/mol. The molecule has 2 aliphatic rings. The van der Waals surface area contributed by atoms with E-state index < -0.39 is 0 Å². The first-order valence-corrected chi connectivity index (χ1v) is 12.7. The second-order valence-electron chi connectivity index (χ2n) is 9.13. The van der Waals surface area contributed by atoms with Gasteiger partial charge in [-0.2, -0.15) is 4.68 Å². The first kappa shape index (κ1) is 23.2. The van der Waals surface area contributed by atoms with Crippen LogP contribution < -0.4 is 9.80 Å². The van der Waals surface area contributed by atoms with Crippen LogP contribution in [-0.2, 0) is 4.79 Å². The molecule has 2 aliphatic heterocycles. The predicted molar refractivity (Wildman–Crippen MR) is 144 cm³/mol. The molecular formula is C28H26ClN7O. The Morgan fingerprint density at radius 2 is 1.54 bits per heavy atom. The van der Waals surface area contributed by atoms with Crippen molar-refractivity contribution in [1.29, 1.82) is 0 Å². The van der Waals surface area contributed by atoms with Gasteiger partial charge >= 0.3 is 0 Å². The number of rotatable bonds is 5. The Morgan fingerprint density at radius 3 is 2.24 bits per heavy atom. The summed E-state index contributed by atoms with van der Waals surface area (Å²) in [5.41, 5.74) is 4.07. The number of carbonyl (C=O) groups is 1. The SMILES string of the molecule is O=C(CN1C(c2ccc(Cl)cc2)=CC(c2ccccc2)n2nnnc21)N1CCN(c2ccccc2)CC1. The lowest BCUT2D eigenvalue weighted by molar-refractivity contribution is -0.129. The largest absolute Gasteiger partial charge is 0.368 e. The third-order valence-electron chi connectivity index (χ3n) is 6.92. The number of anilines is 2. The minimum Gasteiger partial charge on any atom is -0.368 e. The number of hydrogen-bond acceptors (Lipinski definition) is 6. The molecule has 0 spiro atoms. The maximum absolute atomic E-state index is 13.6. The van der Waals surface area contributed by atoms with Gasteiger partial charge in [-0.3, -0.25) is 9.69 Å². The minimum absolute atomic E-state index is 0.0419. The number of tetrazole rings is 1. The summed E-state index contributed by atoms with van der Waals surface area (Å²) in [5, 5.41) is 13.3. The van der Waals surface area contributed by atoms with Crippen LogP contribution >= 0.6 is 11.6 Å². The lowest BCUT2D eigenvalue weighted by atomic mass is 10.0. The van der Waals surface area contributed by atoms with Crippen LogP contribution in [-0.4, -0.2) is 63.7 Å². The number of nitrogens with zero attached hydrogens (tertiary/aromatic N) is 7. The lowest BCUT2D eigenvalue weighted by Crippen LogP contribution is -2.51. The van der Waals surface area contributed by atoms with Crippen LogP contribution in [0.15, 0.2) is 91.0 Å². The molecule has 3 aromatic carbocycles. The topological polar surface area (TPSA) is 70.4 Å². The number of halogens is 1. The van der Waals surface area contributed by atoms with Crippen molar-refractivity contribution in [3.05, 3.63) is 107 Å². The number of benzene rings is 3. The molecule has 1 saturated heterocycles. The van der Waals surface area contributed by atoms with Crippen molar-refractivity contribution in [2.75, 3.05) is 42.5 Å². The minimum atomic E-state index is -0.197. The van der Waals surface area contributed by atoms with Gasteiger partial charge in [0.25, 0.3) is 5.95 Å². The molecule has 0 bridgehead atoms. The zero-order valence-electron chi connectivity index (χ0n) is 20.2. The monoisotopic (exact) mass is 511 g/mol. The average molecular weight is 512 g/mol. The van der Waals surface area contributed by atoms with Crippen molar-refractivity contribution >= 4 is 34.8 Å². The average Bonchev–Trinajstić information content (AvgIpc) is 3.45. The van der Waals surface area contributed by atoms with Crippen LogP contribution in [0.3, 0.4) is 0 Å². The van der Waals surface area contributed by atoms with Gasteiger partial charge in [0.2, 0.25) is 5.91 Å². The van der Waals surface area contributed by atoms with E-state index in [2.05, 4.69) is 50.8 Å². The Bertz CT molecular complexity index is 1400. The maximum atomic E-state index is 13.6. The first-order chi connectivity index (χ1) is 18.2. The van der Waals surface area contributed by atoms with E-state index >= 15 is 0 Å². The highest BCUT2D eigenvalue weighted by atomic mass is 35.5. The van der Waals surface area contributed by atoms with Crippen molar-refractivity contribution in [3.63, 3.8) is 0 Å². The molecule has 1 fully saturated rings. The number of hydrogen-bond donors (Lipinski definition) is 0. The lowest BCUT2D eigenvalue weighted by Gasteiger charge is -2.38. The molecule has 1 unspecified atom stereocenters. The quantitative estimate of drug-likeness (QED) is 0.401. The second kappa shape index (κ2) is 10.1. The van der Waals surface area contributed by atoms with Gasteiger partial charge in [-0.1, -0.05) is 77.4 Å². The van der Waals surface area contributed by atoms with E-state index in [0.29, 0.717) is 24.1 Å². The molecule has 1 amide bonds. The van der Waals surface area contributed by atoms with Crippen LogP contribution in [0, 0.1) is 0 Å². The van der Waals surface area contributed by atoms with Crippen LogP contribution in [0.25, 0.3) is 5.70 Å². The Morgan fingerprint density at radius 1 is 0.865 bits per heavy atom. The number of piperazine rings is 1. The molecule has 37 heavy (non-hydrogen) atoms. The Labute approximate surface area is 220 Å². The van der Waals surface area contributed by atoms with E-state index in [4.69, 9.17) is 11.6 Å². The number of para-hydroxylation sites is 1. The number of fused-ring (bicyclic) bond motifs is 1. The summed E-state index contributed by atoms with van der Waals surface area (Å²) >= 11 is 6.18. The number of amides is 1. The van der Waals surface area contributed by atoms with E-state index in [9.17, 15) is 4.79 Å². The standard InChI is InChI=1S/C28H26ClN7O/c29-23-13-11-22(12-14-23)25-19-26(21-7-3-1-4-8-21)36-28(30-31-32-36)35(25)20-27(37)34-17-15-33(16-18-34)24-9-5-2-6-10-24/h1-14,19,26H,15-18,20H2. The van der Waals surface area contributed by atoms with Gasteiger partial charge in [-0.15, -0.1) is 0 Å². The molecule has 6 rings (SSSR count). The van der Waals surface area contributed by atoms with Gasteiger partial charge in [0.05, 0.1) is 5.70 Å². The smallest absolute Gasteiger partial charge is 0.251 e. The molecule has 3 heterocycles. The third-order valence-corrected chi connectivity index (χ3v) is 7.17. The van der Waals surface area contributed by atoms with Gasteiger partial charge in [0.1, 0.15) is 12.6 Å². The van der Waals surface area contributed by atoms with Crippen molar-refractivity contribution in [1.82, 2.24) is 25.1 Å². The normalized spacial score (nSPS) is 17.4. The fourth-order valence-electron chi connectivity index (χ4n) is 4.97. The van der Waals surface area contributed by atoms with Crippen molar-refractivity contribution in [2.45, 2.75) is 6.04 Å². The number of allylic oxidation sites excluding steroid dienone is 1. The van der Waals surface area contributed by atoms with Crippen molar-refractivity contribution in [3.8, 4) is 0 Å². The van der Waals surface area contributed by atoms with Gasteiger partial charge in [-0.25, -0.2) is 0 Å². The highest BCUT2D eigenvalue weighted by molar-refractivity contribution is 6.30. The summed E-state index contributed by atoms with van der Waals surface area (Å²) in [5.74, 6) is 0.581. The van der Waals surface area contributed by atoms with E-state index in [0.717, 1.165) is 29.9 Å². The van der Waals surface area contributed by atoms with Gasteiger partial charge in [0, 0.05) is 36.9 Å². The predicted octanol–water partition coefficient (Wildman–Crippen LogP) is 4.13. The number of carbonyl (C=O) groups excluding carboxylic acids is 1. The van der Waals surface area contributed by atoms with E-state index in [-0.39, 0.29) is 18.5 Å². The van der Waals surface area contributed by atoms with Gasteiger partial charge < -0.3 is 9.80 Å². The molecule has 9 heteroatoms. The fourth-order valence-corrected chi connectivity index (χ4v) is 5.09. The van der Waals surface area contributed by atoms with Crippen molar-refractivity contribution in [2.24, 2.45) is 0 Å². The van der Waals surface area contributed by atoms with Crippen molar-refractivity contribution < 1.29 is 4.79 Å². The van der Waals surface area contributed by atoms with Crippen LogP contribution in [0.2, 0.25) is 5.02 Å². The van der Waals surface area contributed by atoms with E-state index in [1.165, 1.54) is 5.69 Å². The molecule has 0 saturated carbocycles. The molecule has 0 radical (unpaired) electrons. The van der Waals surface area contributed by atoms with Gasteiger partial charge in [0.15, 0.2) is 0 Å². The fraction of sp³-hybridized carbons (Fsp3) is 0.214. The van der Waals surface area contributed by atoms with E-state index in [1.54, 1.807) is 4.68 Å². The molecule has 186 valence electrons. The van der Waals surface area contributed by atoms with Crippen LogP contribution in [0.4, 0.5) is 11.6 Å². The molecule has 0 N–H and O–H groups in total. The highest BCUT2D eigenvalue weighted by Crippen LogP contribution is 2.36. The summed E-state index contributed by atoms with van der Waals surface area (Å²) in [6.07, 6.45) is 2.11. The summed E-state index contributed by atoms with van der Waals surface area (Å²) in [7, 11) is 0. The summed E-state index contributed by atoms with van der Waals surface area (Å²) in [6.45, 7) is 3.06. The Hall–Kier alpha value is -4.17. The molecule has 8 nitrogen and oxygen atoms in total. The molecule has 1 atom stereocenters. The zero-order valence-corrected chi connectivity index (χ0v) is 20.9. The molecule has 1 aromatic heterocycles. The third kappa shape index (κ3) is 4.68. The van der Waals surface area contributed by atoms with Gasteiger partial charge in [-0.05, 0) is 51.9 Å². The summed E-state index contributed by atoms with van der Waals surface area (Å²) in [4.78, 5) is 19.7. The molecule has 4 aromatic rings. The first-order valence-electron chi connectivity index (χ1n) is 12.3. The maximum Gasteiger partial charge on any atom is 0.251 e.